The molecule has 0 rings (SSSR count). The zero-order chi connectivity index (χ0) is 3.41. The summed E-state index contributed by atoms with van der Waals surface area (Å²) in [6, 6.07) is 0. The third-order valence-corrected chi connectivity index (χ3v) is 0.129. The van der Waals surface area contributed by atoms with Crippen molar-refractivity contribution in [3.8, 4) is 0 Å². The van der Waals surface area contributed by atoms with Crippen LogP contribution < -0.4 is 5.73 Å². The summed E-state index contributed by atoms with van der Waals surface area (Å²) in [5, 5.41) is 7.75. The topological polar surface area (TPSA) is 46.2 Å². The number of nitrogens with two attached hydrogens (primary N) is 1. The fourth-order valence-electron chi connectivity index (χ4n) is 0. The van der Waals surface area contributed by atoms with Crippen LogP contribution >= 0.6 is 0 Å². The van der Waals surface area contributed by atoms with Crippen LogP contribution in [0.5, 0.6) is 0 Å². The molecule has 0 unspecified atom stereocenters. The largest absolute Gasteiger partial charge is 0.395 e. The van der Waals surface area contributed by atoms with Crippen molar-refractivity contribution in [1.29, 1.82) is 0 Å². The molecule has 3 heteroatoms. The molecular weight excluding hydrogens is 93.1 g/mol. The van der Waals surface area contributed by atoms with E-state index < -0.39 is 0 Å². The van der Waals surface area contributed by atoms with Crippen LogP contribution in [0.25, 0.3) is 0 Å². The summed E-state index contributed by atoms with van der Waals surface area (Å²) in [7, 11) is 0. The minimum atomic E-state index is 0. The molecule has 0 saturated heterocycles. The molecule has 0 saturated carbocycles. The molecule has 0 aliphatic heterocycles. The average molecular weight is 100 g/mol. The Kier molecular flexibility index (Phi) is 17.8. The van der Waals surface area contributed by atoms with E-state index in [0.29, 0.717) is 6.54 Å². The van der Waals surface area contributed by atoms with Crippen molar-refractivity contribution in [1.82, 2.24) is 0 Å². The Bertz CT molecular complexity index is 11.6. The first kappa shape index (κ1) is 9.75. The normalized spacial score (nSPS) is 6.00. The Morgan fingerprint density at radius 2 is 1.80 bits per heavy atom. The fourth-order valence-corrected chi connectivity index (χ4v) is 0. The molecule has 0 heterocycles. The van der Waals surface area contributed by atoms with Crippen molar-refractivity contribution in [3.05, 3.63) is 0 Å². The summed E-state index contributed by atoms with van der Waals surface area (Å²) >= 11 is 0. The Balaban J connectivity index is 0. The average Bonchev–Trinajstić information content (AvgIpc) is 1.37. The van der Waals surface area contributed by atoms with Gasteiger partial charge in [0.05, 0.1) is 6.61 Å². The van der Waals surface area contributed by atoms with Gasteiger partial charge in [-0.25, -0.2) is 0 Å². The smallest absolute Gasteiger partial charge is 0.0553 e. The predicted molar refractivity (Wildman–Crippen MR) is 21.9 cm³/mol. The molecule has 0 fully saturated rings. The van der Waals surface area contributed by atoms with Crippen molar-refractivity contribution in [2.24, 2.45) is 5.73 Å². The van der Waals surface area contributed by atoms with E-state index >= 15 is 0 Å². The van der Waals surface area contributed by atoms with E-state index in [4.69, 9.17) is 10.8 Å². The summed E-state index contributed by atoms with van der Waals surface area (Å²) in [6.45, 7) is 0.472. The molecule has 0 spiro atoms. The first-order valence-corrected chi connectivity index (χ1v) is 1.22. The first-order valence-electron chi connectivity index (χ1n) is 1.22. The minimum absolute atomic E-state index is 0. The van der Waals surface area contributed by atoms with Crippen LogP contribution in [0.4, 0.5) is 0 Å². The van der Waals surface area contributed by atoms with Gasteiger partial charge in [-0.3, -0.25) is 0 Å². The van der Waals surface area contributed by atoms with Crippen molar-refractivity contribution < 1.29 is 5.11 Å². The molecular formula is C2H7KNO. The maximum Gasteiger partial charge on any atom is 0.0553 e. The number of aliphatic hydroxyl groups is 1. The number of aliphatic hydroxyl groups excluding tert-OH is 1. The first-order chi connectivity index (χ1) is 1.91. The van der Waals surface area contributed by atoms with E-state index in [0.717, 1.165) is 0 Å². The molecule has 0 bridgehead atoms. The van der Waals surface area contributed by atoms with Gasteiger partial charge >= 0.3 is 0 Å². The molecule has 0 atom stereocenters. The van der Waals surface area contributed by atoms with E-state index in [-0.39, 0.29) is 58.0 Å². The number of hydrogen-bond acceptors (Lipinski definition) is 2. The third-order valence-electron chi connectivity index (χ3n) is 0.129. The molecule has 1 radical (unpaired) electrons. The van der Waals surface area contributed by atoms with Gasteiger partial charge in [0.2, 0.25) is 0 Å². The Labute approximate surface area is 74.2 Å². The van der Waals surface area contributed by atoms with Gasteiger partial charge in [-0.05, 0) is 0 Å². The summed E-state index contributed by atoms with van der Waals surface area (Å²) in [6.07, 6.45) is 0. The molecule has 0 aromatic carbocycles. The van der Waals surface area contributed by atoms with Crippen molar-refractivity contribution in [2.75, 3.05) is 13.2 Å². The van der Waals surface area contributed by atoms with Crippen LogP contribution in [-0.2, 0) is 0 Å². The van der Waals surface area contributed by atoms with E-state index in [2.05, 4.69) is 0 Å². The molecule has 5 heavy (non-hydrogen) atoms. The van der Waals surface area contributed by atoms with Crippen molar-refractivity contribution in [2.45, 2.75) is 0 Å². The maximum absolute atomic E-state index is 7.75. The Hall–Kier alpha value is 1.56. The van der Waals surface area contributed by atoms with Crippen molar-refractivity contribution in [3.63, 3.8) is 0 Å². The molecule has 0 aliphatic rings. The summed E-state index contributed by atoms with van der Waals surface area (Å²) in [4.78, 5) is 0. The van der Waals surface area contributed by atoms with Gasteiger partial charge in [0.25, 0.3) is 0 Å². The summed E-state index contributed by atoms with van der Waals surface area (Å²) in [5.74, 6) is 0. The zero-order valence-corrected chi connectivity index (χ0v) is 6.56. The maximum atomic E-state index is 7.75. The van der Waals surface area contributed by atoms with Gasteiger partial charge in [0, 0.05) is 57.9 Å². The van der Waals surface area contributed by atoms with E-state index in [1.54, 1.807) is 0 Å². The zero-order valence-electron chi connectivity index (χ0n) is 3.44. The van der Waals surface area contributed by atoms with Gasteiger partial charge in [-0.2, -0.15) is 0 Å². The van der Waals surface area contributed by atoms with Gasteiger partial charge in [-0.15, -0.1) is 0 Å². The van der Waals surface area contributed by atoms with Crippen LogP contribution in [0, 0.1) is 0 Å². The second kappa shape index (κ2) is 9.12. The van der Waals surface area contributed by atoms with E-state index in [1.165, 1.54) is 0 Å². The Morgan fingerprint density at radius 1 is 1.60 bits per heavy atom. The fraction of sp³-hybridized carbons (Fsp3) is 1.00. The minimum Gasteiger partial charge on any atom is -0.395 e. The third kappa shape index (κ3) is 10.8. The quantitative estimate of drug-likeness (QED) is 0.396. The van der Waals surface area contributed by atoms with Gasteiger partial charge < -0.3 is 10.8 Å². The van der Waals surface area contributed by atoms with E-state index in [9.17, 15) is 0 Å². The second-order valence-corrected chi connectivity index (χ2v) is 0.512. The van der Waals surface area contributed by atoms with Gasteiger partial charge in [0.1, 0.15) is 0 Å². The predicted octanol–water partition coefficient (Wildman–Crippen LogP) is -1.44. The van der Waals surface area contributed by atoms with E-state index in [1.807, 2.05) is 0 Å². The van der Waals surface area contributed by atoms with Gasteiger partial charge in [0.15, 0.2) is 0 Å². The molecule has 0 aliphatic carbocycles. The van der Waals surface area contributed by atoms with Crippen LogP contribution in [0.1, 0.15) is 0 Å². The summed E-state index contributed by atoms with van der Waals surface area (Å²) in [5.41, 5.74) is 4.78. The SMILES string of the molecule is NCCO.[K]. The summed E-state index contributed by atoms with van der Waals surface area (Å²) < 4.78 is 0. The van der Waals surface area contributed by atoms with Crippen LogP contribution in [0.2, 0.25) is 0 Å². The number of rotatable bonds is 1. The molecule has 27 valence electrons. The molecule has 0 amide bonds. The molecule has 3 N–H and O–H groups in total. The van der Waals surface area contributed by atoms with Crippen LogP contribution in [0.3, 0.4) is 0 Å². The molecule has 0 aromatic rings. The van der Waals surface area contributed by atoms with Crippen molar-refractivity contribution >= 4 is 51.4 Å². The second-order valence-electron chi connectivity index (χ2n) is 0.512. The number of hydrogen-bond donors (Lipinski definition) is 2. The monoisotopic (exact) mass is 100 g/mol. The standard InChI is InChI=1S/C2H7NO.K/c3-1-2-4;/h4H,1-3H2;. The van der Waals surface area contributed by atoms with Gasteiger partial charge in [-0.1, -0.05) is 0 Å². The molecule has 2 nitrogen and oxygen atoms in total. The Morgan fingerprint density at radius 3 is 1.80 bits per heavy atom. The van der Waals surface area contributed by atoms with Crippen LogP contribution in [-0.4, -0.2) is 69.6 Å². The molecule has 0 aromatic heterocycles. The van der Waals surface area contributed by atoms with Crippen LogP contribution in [0.15, 0.2) is 0 Å².